The highest BCUT2D eigenvalue weighted by atomic mass is 16.5. The third-order valence-electron chi connectivity index (χ3n) is 9.92. The normalized spacial score (nSPS) is 42.8. The molecular weight excluding hydrogens is 384 g/mol. The van der Waals surface area contributed by atoms with Crippen LogP contribution in [0, 0.1) is 10.8 Å². The lowest BCUT2D eigenvalue weighted by molar-refractivity contribution is -0.196. The van der Waals surface area contributed by atoms with Gasteiger partial charge in [-0.15, -0.1) is 0 Å². The van der Waals surface area contributed by atoms with Crippen molar-refractivity contribution in [3.63, 3.8) is 0 Å². The van der Waals surface area contributed by atoms with E-state index in [0.717, 1.165) is 24.8 Å². The molecular formula is C28H34O3. The third kappa shape index (κ3) is 2.40. The van der Waals surface area contributed by atoms with Crippen molar-refractivity contribution in [2.24, 2.45) is 10.8 Å². The van der Waals surface area contributed by atoms with Crippen molar-refractivity contribution in [2.45, 2.75) is 108 Å². The van der Waals surface area contributed by atoms with E-state index < -0.39 is 0 Å². The molecule has 4 bridgehead atoms. The maximum Gasteiger partial charge on any atom is 0.188 e. The summed E-state index contributed by atoms with van der Waals surface area (Å²) >= 11 is 0. The Balaban J connectivity index is 1.38. The van der Waals surface area contributed by atoms with Gasteiger partial charge in [0.05, 0.1) is 23.7 Å². The summed E-state index contributed by atoms with van der Waals surface area (Å²) in [6.07, 6.45) is 25.0. The van der Waals surface area contributed by atoms with Crippen LogP contribution in [0.1, 0.15) is 83.5 Å². The van der Waals surface area contributed by atoms with Crippen molar-refractivity contribution >= 4 is 5.78 Å². The van der Waals surface area contributed by atoms with E-state index >= 15 is 0 Å². The summed E-state index contributed by atoms with van der Waals surface area (Å²) < 4.78 is 13.7. The van der Waals surface area contributed by atoms with Gasteiger partial charge in [-0.2, -0.15) is 0 Å². The lowest BCUT2D eigenvalue weighted by atomic mass is 9.54. The number of allylic oxidation sites excluding steroid dienone is 1. The number of carbonyl (C=O) groups is 1. The first-order chi connectivity index (χ1) is 15.2. The smallest absolute Gasteiger partial charge is 0.188 e. The molecule has 164 valence electrons. The summed E-state index contributed by atoms with van der Waals surface area (Å²) in [6.45, 7) is 0. The van der Waals surface area contributed by atoms with E-state index in [9.17, 15) is 4.79 Å². The Morgan fingerprint density at radius 3 is 2.58 bits per heavy atom. The van der Waals surface area contributed by atoms with Gasteiger partial charge in [-0.1, -0.05) is 55.9 Å². The molecule has 3 nitrogen and oxygen atoms in total. The fourth-order valence-corrected chi connectivity index (χ4v) is 8.68. The van der Waals surface area contributed by atoms with Gasteiger partial charge in [0, 0.05) is 5.41 Å². The average Bonchev–Trinajstić information content (AvgIpc) is 3.44. The van der Waals surface area contributed by atoms with E-state index in [4.69, 9.17) is 9.47 Å². The van der Waals surface area contributed by atoms with Crippen LogP contribution < -0.4 is 0 Å². The van der Waals surface area contributed by atoms with Gasteiger partial charge in [-0.25, -0.2) is 0 Å². The Morgan fingerprint density at radius 1 is 0.871 bits per heavy atom. The minimum atomic E-state index is -0.385. The molecule has 1 saturated carbocycles. The number of hydrogen-bond acceptors (Lipinski definition) is 3. The molecule has 0 aromatic rings. The van der Waals surface area contributed by atoms with Gasteiger partial charge in [-0.05, 0) is 74.2 Å². The van der Waals surface area contributed by atoms with Gasteiger partial charge < -0.3 is 9.47 Å². The number of hydrogen-bond donors (Lipinski definition) is 0. The SMILES string of the molecule is O=C1C=C[C@H]2O[C@@H]1C1=C(CC=C1)[C@@]21CC[C@H]2O[C@@H]1C1=C(CCC1)C21CCCCCCC1. The van der Waals surface area contributed by atoms with E-state index in [1.165, 1.54) is 69.8 Å². The minimum absolute atomic E-state index is 0.0273. The molecule has 4 heterocycles. The Bertz CT molecular complexity index is 941. The lowest BCUT2D eigenvalue weighted by Crippen LogP contribution is -2.62. The highest BCUT2D eigenvalue weighted by Gasteiger charge is 2.63. The van der Waals surface area contributed by atoms with Crippen LogP contribution in [0.3, 0.4) is 0 Å². The molecule has 7 rings (SSSR count). The summed E-state index contributed by atoms with van der Waals surface area (Å²) in [5.41, 5.74) is 6.26. The molecule has 4 aliphatic heterocycles. The first-order valence-corrected chi connectivity index (χ1v) is 12.9. The molecule has 7 aliphatic rings. The van der Waals surface area contributed by atoms with Crippen LogP contribution in [0.4, 0.5) is 0 Å². The Labute approximate surface area is 185 Å². The molecule has 0 unspecified atom stereocenters. The molecule has 0 aromatic heterocycles. The number of ether oxygens (including phenoxy) is 2. The first kappa shape index (κ1) is 19.1. The van der Waals surface area contributed by atoms with Crippen LogP contribution in [0.2, 0.25) is 0 Å². The standard InChI is InChI=1S/C28H34O3/c29-22-12-13-24-28(21-11-6-8-18(21)25(22)30-24)17-14-23-27(15-4-2-1-3-5-16-27)20-10-7-9-19(20)26(28)31-23/h6,8,12-13,23-26H,1-5,7,9-11,14-17H2/t23-,24-,25-,26-,28+/m1/s1. The van der Waals surface area contributed by atoms with Gasteiger partial charge in [0.1, 0.15) is 6.10 Å². The monoisotopic (exact) mass is 418 g/mol. The summed E-state index contributed by atoms with van der Waals surface area (Å²) in [7, 11) is 0. The van der Waals surface area contributed by atoms with E-state index in [-0.39, 0.29) is 29.5 Å². The highest BCUT2D eigenvalue weighted by molar-refractivity contribution is 5.98. The molecule has 0 radical (unpaired) electrons. The second kappa shape index (κ2) is 6.78. The van der Waals surface area contributed by atoms with Crippen LogP contribution in [-0.4, -0.2) is 30.2 Å². The second-order valence-electron chi connectivity index (χ2n) is 11.1. The maximum atomic E-state index is 12.6. The molecule has 2 fully saturated rings. The number of ketones is 1. The quantitative estimate of drug-likeness (QED) is 0.459. The second-order valence-corrected chi connectivity index (χ2v) is 11.1. The van der Waals surface area contributed by atoms with Crippen molar-refractivity contribution in [3.8, 4) is 0 Å². The summed E-state index contributed by atoms with van der Waals surface area (Å²) in [5, 5.41) is 0. The maximum absolute atomic E-state index is 12.6. The Kier molecular flexibility index (Phi) is 4.17. The Morgan fingerprint density at radius 2 is 1.71 bits per heavy atom. The van der Waals surface area contributed by atoms with Crippen molar-refractivity contribution in [1.29, 1.82) is 0 Å². The van der Waals surface area contributed by atoms with Gasteiger partial charge in [0.2, 0.25) is 0 Å². The van der Waals surface area contributed by atoms with Crippen LogP contribution in [0.25, 0.3) is 0 Å². The third-order valence-corrected chi connectivity index (χ3v) is 9.92. The molecule has 0 aromatic carbocycles. The zero-order valence-corrected chi connectivity index (χ0v) is 18.5. The molecule has 3 aliphatic carbocycles. The van der Waals surface area contributed by atoms with Gasteiger partial charge in [0.15, 0.2) is 5.78 Å². The lowest BCUT2D eigenvalue weighted by Gasteiger charge is -2.61. The van der Waals surface area contributed by atoms with Crippen LogP contribution in [0.5, 0.6) is 0 Å². The molecule has 2 spiro atoms. The minimum Gasteiger partial charge on any atom is -0.369 e. The first-order valence-electron chi connectivity index (χ1n) is 12.9. The zero-order chi connectivity index (χ0) is 20.6. The Hall–Kier alpha value is -1.45. The van der Waals surface area contributed by atoms with E-state index in [1.54, 1.807) is 17.2 Å². The average molecular weight is 419 g/mol. The van der Waals surface area contributed by atoms with Crippen LogP contribution in [-0.2, 0) is 14.3 Å². The molecule has 5 atom stereocenters. The summed E-state index contributed by atoms with van der Waals surface area (Å²) in [4.78, 5) is 12.6. The van der Waals surface area contributed by atoms with Crippen LogP contribution >= 0.6 is 0 Å². The zero-order valence-electron chi connectivity index (χ0n) is 18.5. The molecule has 3 heteroatoms. The summed E-state index contributed by atoms with van der Waals surface area (Å²) in [6, 6.07) is 0. The fourth-order valence-electron chi connectivity index (χ4n) is 8.68. The van der Waals surface area contributed by atoms with E-state index in [0.29, 0.717) is 11.5 Å². The van der Waals surface area contributed by atoms with Crippen molar-refractivity contribution < 1.29 is 14.3 Å². The van der Waals surface area contributed by atoms with E-state index in [1.807, 2.05) is 0 Å². The van der Waals surface area contributed by atoms with E-state index in [2.05, 4.69) is 18.2 Å². The van der Waals surface area contributed by atoms with Crippen LogP contribution in [0.15, 0.2) is 46.6 Å². The highest BCUT2D eigenvalue weighted by Crippen LogP contribution is 2.65. The predicted octanol–water partition coefficient (Wildman–Crippen LogP) is 5.91. The number of fused-ring (bicyclic) bond motifs is 11. The molecule has 0 N–H and O–H groups in total. The molecule has 0 amide bonds. The van der Waals surface area contributed by atoms with Crippen molar-refractivity contribution in [3.05, 3.63) is 46.6 Å². The van der Waals surface area contributed by atoms with Gasteiger partial charge >= 0.3 is 0 Å². The van der Waals surface area contributed by atoms with Gasteiger partial charge in [0.25, 0.3) is 0 Å². The van der Waals surface area contributed by atoms with Gasteiger partial charge in [-0.3, -0.25) is 4.79 Å². The van der Waals surface area contributed by atoms with Crippen molar-refractivity contribution in [1.82, 2.24) is 0 Å². The number of carbonyl (C=O) groups excluding carboxylic acids is 1. The largest absolute Gasteiger partial charge is 0.369 e. The predicted molar refractivity (Wildman–Crippen MR) is 120 cm³/mol. The van der Waals surface area contributed by atoms with Crippen molar-refractivity contribution in [2.75, 3.05) is 0 Å². The fraction of sp³-hybridized carbons (Fsp3) is 0.679. The molecule has 31 heavy (non-hydrogen) atoms. The molecule has 1 saturated heterocycles. The summed E-state index contributed by atoms with van der Waals surface area (Å²) in [5.74, 6) is 0.109. The number of rotatable bonds is 0. The topological polar surface area (TPSA) is 35.5 Å².